The topological polar surface area (TPSA) is 67.9 Å². The summed E-state index contributed by atoms with van der Waals surface area (Å²) in [5.74, 6) is -1.33. The number of amides is 2. The van der Waals surface area contributed by atoms with Crippen LogP contribution in [0.2, 0.25) is 5.02 Å². The van der Waals surface area contributed by atoms with Gasteiger partial charge in [0.25, 0.3) is 11.8 Å². The molecule has 1 heterocycles. The SMILES string of the molecule is COc1ccc(OC)c(N2C(=O)C(Cl)=C(Nc3ccc(F)c(Cl)c3)C2=O)c1. The van der Waals surface area contributed by atoms with Crippen molar-refractivity contribution in [2.45, 2.75) is 0 Å². The van der Waals surface area contributed by atoms with Crippen molar-refractivity contribution < 1.29 is 23.5 Å². The predicted molar refractivity (Wildman–Crippen MR) is 100.0 cm³/mol. The van der Waals surface area contributed by atoms with Gasteiger partial charge in [0.1, 0.15) is 28.0 Å². The van der Waals surface area contributed by atoms with Gasteiger partial charge >= 0.3 is 0 Å². The maximum Gasteiger partial charge on any atom is 0.283 e. The van der Waals surface area contributed by atoms with Crippen LogP contribution < -0.4 is 19.7 Å². The van der Waals surface area contributed by atoms with Crippen LogP contribution in [0.25, 0.3) is 0 Å². The van der Waals surface area contributed by atoms with E-state index in [1.54, 1.807) is 12.1 Å². The third-order valence-corrected chi connectivity index (χ3v) is 4.48. The summed E-state index contributed by atoms with van der Waals surface area (Å²) in [4.78, 5) is 26.3. The van der Waals surface area contributed by atoms with Gasteiger partial charge in [-0.05, 0) is 30.3 Å². The number of ether oxygens (including phenoxy) is 2. The summed E-state index contributed by atoms with van der Waals surface area (Å²) in [6.45, 7) is 0. The molecule has 0 fully saturated rings. The normalized spacial score (nSPS) is 14.0. The van der Waals surface area contributed by atoms with Crippen molar-refractivity contribution in [1.82, 2.24) is 0 Å². The summed E-state index contributed by atoms with van der Waals surface area (Å²) < 4.78 is 23.7. The average Bonchev–Trinajstić information content (AvgIpc) is 2.87. The van der Waals surface area contributed by atoms with Crippen LogP contribution in [-0.2, 0) is 9.59 Å². The first-order valence-electron chi connectivity index (χ1n) is 7.60. The fourth-order valence-corrected chi connectivity index (χ4v) is 2.91. The van der Waals surface area contributed by atoms with Gasteiger partial charge in [-0.3, -0.25) is 9.59 Å². The first kappa shape index (κ1) is 19.0. The average molecular weight is 411 g/mol. The number of halogens is 3. The largest absolute Gasteiger partial charge is 0.497 e. The highest BCUT2D eigenvalue weighted by molar-refractivity contribution is 6.53. The lowest BCUT2D eigenvalue weighted by atomic mass is 10.2. The standard InChI is InChI=1S/C18H13Cl2FN2O4/c1-26-10-4-6-14(27-2)13(8-10)23-17(24)15(20)16(18(23)25)22-9-3-5-12(21)11(19)7-9/h3-8,22H,1-2H3. The molecule has 9 heteroatoms. The highest BCUT2D eigenvalue weighted by Crippen LogP contribution is 2.38. The number of benzene rings is 2. The molecule has 0 saturated heterocycles. The summed E-state index contributed by atoms with van der Waals surface area (Å²) in [5.41, 5.74) is 0.323. The number of carbonyl (C=O) groups is 2. The van der Waals surface area contributed by atoms with Gasteiger partial charge in [-0.15, -0.1) is 0 Å². The van der Waals surface area contributed by atoms with Gasteiger partial charge in [-0.2, -0.15) is 0 Å². The molecule has 0 aromatic heterocycles. The number of methoxy groups -OCH3 is 2. The van der Waals surface area contributed by atoms with Crippen LogP contribution in [0, 0.1) is 5.82 Å². The Morgan fingerprint density at radius 3 is 2.37 bits per heavy atom. The number of hydrogen-bond donors (Lipinski definition) is 1. The monoisotopic (exact) mass is 410 g/mol. The van der Waals surface area contributed by atoms with E-state index in [1.807, 2.05) is 0 Å². The number of anilines is 2. The van der Waals surface area contributed by atoms with Crippen LogP contribution in [0.3, 0.4) is 0 Å². The lowest BCUT2D eigenvalue weighted by Gasteiger charge is -2.19. The van der Waals surface area contributed by atoms with Crippen molar-refractivity contribution in [2.24, 2.45) is 0 Å². The second kappa shape index (κ2) is 7.46. The van der Waals surface area contributed by atoms with E-state index < -0.39 is 17.6 Å². The minimum absolute atomic E-state index is 0.139. The third-order valence-electron chi connectivity index (χ3n) is 3.84. The molecule has 0 bridgehead atoms. The van der Waals surface area contributed by atoms with E-state index in [0.717, 1.165) is 11.0 Å². The second-order valence-corrected chi connectivity index (χ2v) is 6.21. The van der Waals surface area contributed by atoms with Crippen molar-refractivity contribution in [2.75, 3.05) is 24.4 Å². The molecule has 2 aromatic rings. The molecule has 6 nitrogen and oxygen atoms in total. The van der Waals surface area contributed by atoms with Crippen molar-refractivity contribution in [1.29, 1.82) is 0 Å². The smallest absolute Gasteiger partial charge is 0.283 e. The maximum atomic E-state index is 13.3. The number of imide groups is 1. The van der Waals surface area contributed by atoms with Gasteiger partial charge in [0.2, 0.25) is 0 Å². The Morgan fingerprint density at radius 2 is 1.74 bits per heavy atom. The second-order valence-electron chi connectivity index (χ2n) is 5.43. The molecule has 0 aliphatic carbocycles. The summed E-state index contributed by atoms with van der Waals surface area (Å²) in [6, 6.07) is 8.45. The molecule has 1 aliphatic heterocycles. The highest BCUT2D eigenvalue weighted by Gasteiger charge is 2.40. The zero-order chi connectivity index (χ0) is 19.7. The van der Waals surface area contributed by atoms with Crippen LogP contribution in [0.5, 0.6) is 11.5 Å². The van der Waals surface area contributed by atoms with E-state index in [-0.39, 0.29) is 27.2 Å². The molecule has 27 heavy (non-hydrogen) atoms. The predicted octanol–water partition coefficient (Wildman–Crippen LogP) is 3.93. The Morgan fingerprint density at radius 1 is 1.00 bits per heavy atom. The van der Waals surface area contributed by atoms with Gasteiger partial charge in [-0.1, -0.05) is 23.2 Å². The molecule has 0 saturated carbocycles. The van der Waals surface area contributed by atoms with Gasteiger partial charge < -0.3 is 14.8 Å². The number of nitrogens with zero attached hydrogens (tertiary/aromatic N) is 1. The van der Waals surface area contributed by atoms with Crippen LogP contribution >= 0.6 is 23.2 Å². The summed E-state index contributed by atoms with van der Waals surface area (Å²) in [5, 5.41) is 2.26. The van der Waals surface area contributed by atoms with Crippen LogP contribution in [0.15, 0.2) is 47.1 Å². The lowest BCUT2D eigenvalue weighted by Crippen LogP contribution is -2.32. The molecule has 2 aromatic carbocycles. The molecular formula is C18H13Cl2FN2O4. The van der Waals surface area contributed by atoms with E-state index in [0.29, 0.717) is 11.4 Å². The fourth-order valence-electron chi connectivity index (χ4n) is 2.52. The molecule has 140 valence electrons. The third kappa shape index (κ3) is 3.43. The Balaban J connectivity index is 1.98. The lowest BCUT2D eigenvalue weighted by molar-refractivity contribution is -0.120. The molecule has 0 spiro atoms. The van der Waals surface area contributed by atoms with Crippen LogP contribution in [0.4, 0.5) is 15.8 Å². The van der Waals surface area contributed by atoms with Gasteiger partial charge in [0.15, 0.2) is 0 Å². The summed E-state index contributed by atoms with van der Waals surface area (Å²) in [7, 11) is 2.86. The highest BCUT2D eigenvalue weighted by atomic mass is 35.5. The van der Waals surface area contributed by atoms with E-state index in [4.69, 9.17) is 32.7 Å². The summed E-state index contributed by atoms with van der Waals surface area (Å²) >= 11 is 11.8. The Bertz CT molecular complexity index is 978. The zero-order valence-corrected chi connectivity index (χ0v) is 15.7. The number of rotatable bonds is 5. The number of carbonyl (C=O) groups excluding carboxylic acids is 2. The first-order valence-corrected chi connectivity index (χ1v) is 8.35. The van der Waals surface area contributed by atoms with E-state index in [1.165, 1.54) is 32.4 Å². The molecule has 1 aliphatic rings. The molecule has 0 unspecified atom stereocenters. The van der Waals surface area contributed by atoms with Crippen molar-refractivity contribution in [3.63, 3.8) is 0 Å². The molecule has 1 N–H and O–H groups in total. The molecule has 0 radical (unpaired) electrons. The van der Waals surface area contributed by atoms with E-state index in [2.05, 4.69) is 5.32 Å². The fraction of sp³-hybridized carbons (Fsp3) is 0.111. The van der Waals surface area contributed by atoms with Gasteiger partial charge in [0, 0.05) is 11.8 Å². The van der Waals surface area contributed by atoms with Crippen molar-refractivity contribution in [3.05, 3.63) is 58.0 Å². The molecule has 2 amide bonds. The minimum Gasteiger partial charge on any atom is -0.497 e. The molecule has 3 rings (SSSR count). The van der Waals surface area contributed by atoms with Gasteiger partial charge in [-0.25, -0.2) is 9.29 Å². The first-order chi connectivity index (χ1) is 12.9. The Kier molecular flexibility index (Phi) is 5.25. The van der Waals surface area contributed by atoms with Gasteiger partial charge in [0.05, 0.1) is 24.9 Å². The molecule has 0 atom stereocenters. The van der Waals surface area contributed by atoms with Crippen molar-refractivity contribution in [3.8, 4) is 11.5 Å². The zero-order valence-electron chi connectivity index (χ0n) is 14.2. The number of nitrogens with one attached hydrogen (secondary N) is 1. The van der Waals surface area contributed by atoms with E-state index >= 15 is 0 Å². The quantitative estimate of drug-likeness (QED) is 0.756. The van der Waals surface area contributed by atoms with E-state index in [9.17, 15) is 14.0 Å². The molecular weight excluding hydrogens is 398 g/mol. The maximum absolute atomic E-state index is 13.3. The van der Waals surface area contributed by atoms with Crippen LogP contribution in [-0.4, -0.2) is 26.0 Å². The number of hydrogen-bond acceptors (Lipinski definition) is 5. The summed E-state index contributed by atoms with van der Waals surface area (Å²) in [6.07, 6.45) is 0. The van der Waals surface area contributed by atoms with Crippen molar-refractivity contribution >= 4 is 46.4 Å². The van der Waals surface area contributed by atoms with Crippen LogP contribution in [0.1, 0.15) is 0 Å². The Hall–Kier alpha value is -2.77. The minimum atomic E-state index is -0.732. The Labute approximate surface area is 164 Å².